The first kappa shape index (κ1) is 17.2. The second-order valence-corrected chi connectivity index (χ2v) is 6.82. The molecule has 7 heteroatoms. The van der Waals surface area contributed by atoms with Crippen molar-refractivity contribution in [1.82, 2.24) is 4.90 Å². The summed E-state index contributed by atoms with van der Waals surface area (Å²) in [6.07, 6.45) is 3.39. The van der Waals surface area contributed by atoms with Crippen molar-refractivity contribution in [2.24, 2.45) is 0 Å². The summed E-state index contributed by atoms with van der Waals surface area (Å²) in [4.78, 5) is 16.3. The molecule has 6 nitrogen and oxygen atoms in total. The van der Waals surface area contributed by atoms with E-state index in [2.05, 4.69) is 4.90 Å². The average molecular weight is 360 g/mol. The van der Waals surface area contributed by atoms with Crippen LogP contribution in [0, 0.1) is 5.82 Å². The summed E-state index contributed by atoms with van der Waals surface area (Å²) >= 11 is 0. The summed E-state index contributed by atoms with van der Waals surface area (Å²) in [5.41, 5.74) is 1.15. The Balaban J connectivity index is 1.53. The molecule has 4 rings (SSSR count). The Morgan fingerprint density at radius 2 is 2.00 bits per heavy atom. The number of morpholine rings is 1. The SMILES string of the molecule is O=C1CO[C@@]2(COCCN(Cc3ccoc3)C2)CN1c1ccc(F)cc1. The number of ether oxygens (including phenoxy) is 2. The number of furan rings is 1. The van der Waals surface area contributed by atoms with Gasteiger partial charge in [-0.05, 0) is 30.3 Å². The van der Waals surface area contributed by atoms with E-state index in [9.17, 15) is 9.18 Å². The van der Waals surface area contributed by atoms with Crippen LogP contribution in [0.2, 0.25) is 0 Å². The van der Waals surface area contributed by atoms with Crippen molar-refractivity contribution in [1.29, 1.82) is 0 Å². The predicted octanol–water partition coefficient (Wildman–Crippen LogP) is 2.05. The lowest BCUT2D eigenvalue weighted by molar-refractivity contribution is -0.146. The van der Waals surface area contributed by atoms with E-state index in [1.54, 1.807) is 29.6 Å². The molecular weight excluding hydrogens is 339 g/mol. The van der Waals surface area contributed by atoms with E-state index in [0.717, 1.165) is 18.7 Å². The predicted molar refractivity (Wildman–Crippen MR) is 92.2 cm³/mol. The molecule has 138 valence electrons. The molecule has 1 amide bonds. The minimum Gasteiger partial charge on any atom is -0.472 e. The van der Waals surface area contributed by atoms with Gasteiger partial charge in [0.05, 0.1) is 32.3 Å². The second-order valence-electron chi connectivity index (χ2n) is 6.82. The zero-order chi connectivity index (χ0) is 18.0. The number of hydrogen-bond acceptors (Lipinski definition) is 5. The Hall–Kier alpha value is -2.22. The quantitative estimate of drug-likeness (QED) is 0.839. The van der Waals surface area contributed by atoms with Crippen LogP contribution in [0.1, 0.15) is 5.56 Å². The van der Waals surface area contributed by atoms with Crippen molar-refractivity contribution in [2.45, 2.75) is 12.1 Å². The van der Waals surface area contributed by atoms with Crippen LogP contribution >= 0.6 is 0 Å². The fourth-order valence-corrected chi connectivity index (χ4v) is 3.51. The number of benzene rings is 1. The zero-order valence-corrected chi connectivity index (χ0v) is 14.4. The van der Waals surface area contributed by atoms with E-state index in [1.807, 2.05) is 6.07 Å². The van der Waals surface area contributed by atoms with Crippen LogP contribution in [0.25, 0.3) is 0 Å². The first-order valence-electron chi connectivity index (χ1n) is 8.65. The Morgan fingerprint density at radius 3 is 2.77 bits per heavy atom. The minimum absolute atomic E-state index is 0.0136. The summed E-state index contributed by atoms with van der Waals surface area (Å²) in [5.74, 6) is -0.457. The Labute approximate surface area is 151 Å². The Bertz CT molecular complexity index is 749. The van der Waals surface area contributed by atoms with Crippen LogP contribution in [-0.4, -0.2) is 55.9 Å². The highest BCUT2D eigenvalue weighted by atomic mass is 19.1. The van der Waals surface area contributed by atoms with Gasteiger partial charge < -0.3 is 18.8 Å². The lowest BCUT2D eigenvalue weighted by Gasteiger charge is -2.43. The van der Waals surface area contributed by atoms with Gasteiger partial charge in [0.1, 0.15) is 18.0 Å². The lowest BCUT2D eigenvalue weighted by Crippen LogP contribution is -2.60. The maximum absolute atomic E-state index is 13.2. The first-order chi connectivity index (χ1) is 12.6. The van der Waals surface area contributed by atoms with Gasteiger partial charge in [-0.15, -0.1) is 0 Å². The van der Waals surface area contributed by atoms with Crippen molar-refractivity contribution in [3.63, 3.8) is 0 Å². The van der Waals surface area contributed by atoms with Crippen LogP contribution in [0.4, 0.5) is 10.1 Å². The van der Waals surface area contributed by atoms with Crippen molar-refractivity contribution in [3.8, 4) is 0 Å². The molecule has 26 heavy (non-hydrogen) atoms. The maximum atomic E-state index is 13.2. The third kappa shape index (κ3) is 3.65. The van der Waals surface area contributed by atoms with Crippen LogP contribution in [-0.2, 0) is 20.8 Å². The van der Waals surface area contributed by atoms with Crippen molar-refractivity contribution in [3.05, 3.63) is 54.2 Å². The number of amides is 1. The highest BCUT2D eigenvalue weighted by molar-refractivity contribution is 5.95. The topological polar surface area (TPSA) is 55.2 Å². The molecule has 0 bridgehead atoms. The molecule has 2 aromatic rings. The monoisotopic (exact) mass is 360 g/mol. The largest absolute Gasteiger partial charge is 0.472 e. The normalized spacial score (nSPS) is 24.8. The van der Waals surface area contributed by atoms with E-state index in [-0.39, 0.29) is 18.3 Å². The molecule has 0 saturated carbocycles. The second kappa shape index (κ2) is 7.19. The number of halogens is 1. The number of nitrogens with zero attached hydrogens (tertiary/aromatic N) is 2. The van der Waals surface area contributed by atoms with E-state index in [0.29, 0.717) is 32.0 Å². The standard InChI is InChI=1S/C19H21FN2O4/c20-16-1-3-17(4-2-16)22-13-19(26-11-18(22)23)12-21(6-8-25-14-19)9-15-5-7-24-10-15/h1-5,7,10H,6,8-9,11-14H2/t19-/m1/s1. The van der Waals surface area contributed by atoms with E-state index in [1.165, 1.54) is 12.1 Å². The summed E-state index contributed by atoms with van der Waals surface area (Å²) in [7, 11) is 0. The van der Waals surface area contributed by atoms with Gasteiger partial charge in [0.15, 0.2) is 0 Å². The molecule has 1 aromatic heterocycles. The summed E-state index contributed by atoms with van der Waals surface area (Å²) < 4.78 is 30.1. The molecule has 2 aliphatic rings. The Morgan fingerprint density at radius 1 is 1.15 bits per heavy atom. The summed E-state index contributed by atoms with van der Waals surface area (Å²) in [6, 6.07) is 7.90. The average Bonchev–Trinajstić information content (AvgIpc) is 3.07. The molecule has 0 aliphatic carbocycles. The maximum Gasteiger partial charge on any atom is 0.253 e. The summed E-state index contributed by atoms with van der Waals surface area (Å²) in [5, 5.41) is 0. The first-order valence-corrected chi connectivity index (χ1v) is 8.65. The van der Waals surface area contributed by atoms with Crippen LogP contribution in [0.3, 0.4) is 0 Å². The number of carbonyl (C=O) groups excluding carboxylic acids is 1. The molecule has 2 fully saturated rings. The van der Waals surface area contributed by atoms with Gasteiger partial charge in [0.25, 0.3) is 5.91 Å². The number of hydrogen-bond donors (Lipinski definition) is 0. The van der Waals surface area contributed by atoms with Crippen molar-refractivity contribution < 1.29 is 23.1 Å². The number of carbonyl (C=O) groups is 1. The number of rotatable bonds is 3. The third-order valence-electron chi connectivity index (χ3n) is 4.80. The van der Waals surface area contributed by atoms with E-state index < -0.39 is 5.60 Å². The molecule has 0 unspecified atom stereocenters. The molecule has 1 atom stereocenters. The smallest absolute Gasteiger partial charge is 0.253 e. The minimum atomic E-state index is -0.609. The fourth-order valence-electron chi connectivity index (χ4n) is 3.51. The van der Waals surface area contributed by atoms with E-state index in [4.69, 9.17) is 13.9 Å². The number of anilines is 1. The van der Waals surface area contributed by atoms with Gasteiger partial charge in [0, 0.05) is 30.9 Å². The van der Waals surface area contributed by atoms with E-state index >= 15 is 0 Å². The molecule has 2 saturated heterocycles. The van der Waals surface area contributed by atoms with Gasteiger partial charge in [-0.1, -0.05) is 0 Å². The molecule has 1 aromatic carbocycles. The van der Waals surface area contributed by atoms with Crippen LogP contribution in [0.15, 0.2) is 47.3 Å². The van der Waals surface area contributed by atoms with Crippen molar-refractivity contribution >= 4 is 11.6 Å². The molecule has 0 N–H and O–H groups in total. The zero-order valence-electron chi connectivity index (χ0n) is 14.4. The lowest BCUT2D eigenvalue weighted by atomic mass is 10.0. The van der Waals surface area contributed by atoms with Crippen LogP contribution in [0.5, 0.6) is 0 Å². The van der Waals surface area contributed by atoms with Crippen LogP contribution < -0.4 is 4.90 Å². The van der Waals surface area contributed by atoms with Gasteiger partial charge in [-0.3, -0.25) is 9.69 Å². The molecule has 1 spiro atoms. The highest BCUT2D eigenvalue weighted by Gasteiger charge is 2.43. The fraction of sp³-hybridized carbons (Fsp3) is 0.421. The molecule has 2 aliphatic heterocycles. The van der Waals surface area contributed by atoms with Gasteiger partial charge >= 0.3 is 0 Å². The van der Waals surface area contributed by atoms with Gasteiger partial charge in [-0.25, -0.2) is 4.39 Å². The third-order valence-corrected chi connectivity index (χ3v) is 4.80. The molecular formula is C19H21FN2O4. The molecule has 0 radical (unpaired) electrons. The van der Waals surface area contributed by atoms with Gasteiger partial charge in [0.2, 0.25) is 0 Å². The molecule has 3 heterocycles. The summed E-state index contributed by atoms with van der Waals surface area (Å²) in [6.45, 7) is 3.53. The highest BCUT2D eigenvalue weighted by Crippen LogP contribution is 2.28. The Kier molecular flexibility index (Phi) is 4.76. The van der Waals surface area contributed by atoms with Crippen molar-refractivity contribution in [2.75, 3.05) is 44.4 Å². The van der Waals surface area contributed by atoms with Gasteiger partial charge in [-0.2, -0.15) is 0 Å².